The topological polar surface area (TPSA) is 60.4 Å². The van der Waals surface area contributed by atoms with Gasteiger partial charge in [0.2, 0.25) is 5.78 Å². The van der Waals surface area contributed by atoms with E-state index < -0.39 is 11.8 Å². The number of hydrogen-bond acceptors (Lipinski definition) is 4. The van der Waals surface area contributed by atoms with E-state index in [0.717, 1.165) is 19.3 Å². The molecular formula is C18H32NaO4. The Labute approximate surface area is 163 Å². The van der Waals surface area contributed by atoms with Crippen molar-refractivity contribution in [3.63, 3.8) is 0 Å². The molecule has 0 aliphatic carbocycles. The number of ketones is 2. The van der Waals surface area contributed by atoms with Crippen molar-refractivity contribution in [3.05, 3.63) is 0 Å². The van der Waals surface area contributed by atoms with Gasteiger partial charge >= 0.3 is 5.97 Å². The van der Waals surface area contributed by atoms with E-state index in [0.29, 0.717) is 6.42 Å². The van der Waals surface area contributed by atoms with Crippen molar-refractivity contribution in [2.45, 2.75) is 90.9 Å². The van der Waals surface area contributed by atoms with Crippen LogP contribution in [-0.4, -0.2) is 53.7 Å². The third-order valence-electron chi connectivity index (χ3n) is 3.67. The molecule has 0 aromatic heterocycles. The van der Waals surface area contributed by atoms with E-state index in [1.165, 1.54) is 44.9 Å². The molecule has 0 spiro atoms. The first-order valence-electron chi connectivity index (χ1n) is 8.83. The molecule has 0 N–H and O–H groups in total. The summed E-state index contributed by atoms with van der Waals surface area (Å²) in [6.07, 6.45) is 12.2. The zero-order chi connectivity index (χ0) is 16.6. The molecule has 0 rings (SSSR count). The summed E-state index contributed by atoms with van der Waals surface area (Å²) >= 11 is 0. The number of hydrogen-bond donors (Lipinski definition) is 0. The van der Waals surface area contributed by atoms with Crippen LogP contribution in [0.1, 0.15) is 90.9 Å². The minimum atomic E-state index is -0.890. The number of unbranched alkanes of at least 4 members (excludes halogenated alkanes) is 9. The summed E-state index contributed by atoms with van der Waals surface area (Å²) in [5, 5.41) is 0. The second kappa shape index (κ2) is 18.2. The summed E-state index contributed by atoms with van der Waals surface area (Å²) in [5.41, 5.74) is 0. The van der Waals surface area contributed by atoms with E-state index in [1.54, 1.807) is 6.92 Å². The largest absolute Gasteiger partial charge is 0.460 e. The van der Waals surface area contributed by atoms with Crippen LogP contribution in [0, 0.1) is 0 Å². The third kappa shape index (κ3) is 16.5. The zero-order valence-corrected chi connectivity index (χ0v) is 17.3. The first kappa shape index (κ1) is 25.1. The number of rotatable bonds is 15. The van der Waals surface area contributed by atoms with Gasteiger partial charge in [-0.25, -0.2) is 4.79 Å². The second-order valence-electron chi connectivity index (χ2n) is 5.79. The van der Waals surface area contributed by atoms with Crippen LogP contribution in [0.4, 0.5) is 0 Å². The molecular weight excluding hydrogens is 303 g/mol. The van der Waals surface area contributed by atoms with Gasteiger partial charge in [0.25, 0.3) is 0 Å². The van der Waals surface area contributed by atoms with E-state index in [2.05, 4.69) is 11.7 Å². The summed E-state index contributed by atoms with van der Waals surface area (Å²) in [6, 6.07) is 0. The van der Waals surface area contributed by atoms with Crippen molar-refractivity contribution < 1.29 is 19.1 Å². The van der Waals surface area contributed by atoms with Gasteiger partial charge in [0.1, 0.15) is 5.78 Å². The maximum atomic E-state index is 11.6. The minimum absolute atomic E-state index is 0. The van der Waals surface area contributed by atoms with Gasteiger partial charge in [0.15, 0.2) is 0 Å². The minimum Gasteiger partial charge on any atom is -0.460 e. The van der Waals surface area contributed by atoms with Crippen molar-refractivity contribution in [3.8, 4) is 0 Å². The van der Waals surface area contributed by atoms with Crippen LogP contribution in [0.5, 0.6) is 0 Å². The molecule has 0 saturated carbocycles. The van der Waals surface area contributed by atoms with Gasteiger partial charge < -0.3 is 4.74 Å². The first-order valence-corrected chi connectivity index (χ1v) is 8.83. The number of carbonyl (C=O) groups excluding carboxylic acids is 3. The molecule has 0 unspecified atom stereocenters. The Bertz CT molecular complexity index is 329. The zero-order valence-electron chi connectivity index (χ0n) is 15.3. The van der Waals surface area contributed by atoms with E-state index in [-0.39, 0.29) is 48.4 Å². The van der Waals surface area contributed by atoms with Crippen LogP contribution >= 0.6 is 0 Å². The van der Waals surface area contributed by atoms with Crippen molar-refractivity contribution in [2.75, 3.05) is 6.61 Å². The van der Waals surface area contributed by atoms with Crippen LogP contribution in [0.2, 0.25) is 0 Å². The molecule has 0 fully saturated rings. The molecule has 0 aromatic carbocycles. The van der Waals surface area contributed by atoms with Gasteiger partial charge in [-0.05, 0) is 13.3 Å². The molecule has 5 heteroatoms. The first-order chi connectivity index (χ1) is 10.6. The van der Waals surface area contributed by atoms with Gasteiger partial charge in [-0.15, -0.1) is 0 Å². The molecule has 0 atom stereocenters. The number of esters is 1. The van der Waals surface area contributed by atoms with Crippen molar-refractivity contribution in [2.24, 2.45) is 0 Å². The van der Waals surface area contributed by atoms with Gasteiger partial charge in [0.05, 0.1) is 13.0 Å². The molecule has 0 saturated heterocycles. The van der Waals surface area contributed by atoms with Gasteiger partial charge in [-0.2, -0.15) is 0 Å². The Morgan fingerprint density at radius 1 is 0.739 bits per heavy atom. The van der Waals surface area contributed by atoms with Crippen LogP contribution < -0.4 is 0 Å². The Kier molecular flexibility index (Phi) is 19.8. The molecule has 1 radical (unpaired) electrons. The number of Topliss-reactive ketones (excluding diaryl/α,β-unsaturated/α-hetero) is 2. The summed E-state index contributed by atoms with van der Waals surface area (Å²) < 4.78 is 4.57. The van der Waals surface area contributed by atoms with Crippen LogP contribution in [0.3, 0.4) is 0 Å². The van der Waals surface area contributed by atoms with Crippen molar-refractivity contribution in [1.29, 1.82) is 0 Å². The normalized spacial score (nSPS) is 10.0. The van der Waals surface area contributed by atoms with Gasteiger partial charge in [-0.1, -0.05) is 64.7 Å². The summed E-state index contributed by atoms with van der Waals surface area (Å²) in [4.78, 5) is 34.0. The summed E-state index contributed by atoms with van der Waals surface area (Å²) in [5.74, 6) is -1.77. The molecule has 23 heavy (non-hydrogen) atoms. The van der Waals surface area contributed by atoms with Crippen LogP contribution in [-0.2, 0) is 19.1 Å². The number of carbonyl (C=O) groups is 3. The Morgan fingerprint density at radius 3 is 1.70 bits per heavy atom. The monoisotopic (exact) mass is 335 g/mol. The van der Waals surface area contributed by atoms with Crippen LogP contribution in [0.25, 0.3) is 0 Å². The molecule has 0 amide bonds. The maximum Gasteiger partial charge on any atom is 0.375 e. The molecule has 129 valence electrons. The smallest absolute Gasteiger partial charge is 0.375 e. The molecule has 0 aliphatic rings. The van der Waals surface area contributed by atoms with E-state index in [9.17, 15) is 14.4 Å². The fourth-order valence-corrected chi connectivity index (χ4v) is 2.36. The average Bonchev–Trinajstić information content (AvgIpc) is 2.49. The molecule has 0 bridgehead atoms. The molecule has 4 nitrogen and oxygen atoms in total. The van der Waals surface area contributed by atoms with Gasteiger partial charge in [0, 0.05) is 36.0 Å². The average molecular weight is 335 g/mol. The van der Waals surface area contributed by atoms with Crippen molar-refractivity contribution in [1.82, 2.24) is 0 Å². The second-order valence-corrected chi connectivity index (χ2v) is 5.79. The molecule has 0 heterocycles. The fraction of sp³-hybridized carbons (Fsp3) is 0.833. The summed E-state index contributed by atoms with van der Waals surface area (Å²) in [6.45, 7) is 4.02. The quantitative estimate of drug-likeness (QED) is 0.149. The number of ether oxygens (including phenoxy) is 1. The van der Waals surface area contributed by atoms with Crippen molar-refractivity contribution >= 4 is 47.1 Å². The van der Waals surface area contributed by atoms with E-state index in [4.69, 9.17) is 0 Å². The van der Waals surface area contributed by atoms with E-state index in [1.807, 2.05) is 0 Å². The standard InChI is InChI=1S/C18H32O4.Na/c1-3-5-6-7-8-9-10-11-12-13-14-16(19)15-17(20)18(21)22-4-2;/h3-15H2,1-2H3;. The van der Waals surface area contributed by atoms with E-state index >= 15 is 0 Å². The predicted molar refractivity (Wildman–Crippen MR) is 93.5 cm³/mol. The maximum absolute atomic E-state index is 11.6. The Hall–Kier alpha value is -0.190. The fourth-order valence-electron chi connectivity index (χ4n) is 2.36. The predicted octanol–water partition coefficient (Wildman–Crippen LogP) is 4.01. The van der Waals surface area contributed by atoms with Gasteiger partial charge in [-0.3, -0.25) is 9.59 Å². The summed E-state index contributed by atoms with van der Waals surface area (Å²) in [7, 11) is 0. The molecule has 0 aromatic rings. The molecule has 0 aliphatic heterocycles. The third-order valence-corrected chi connectivity index (χ3v) is 3.67. The Balaban J connectivity index is 0. The Morgan fingerprint density at radius 2 is 1.22 bits per heavy atom. The van der Waals surface area contributed by atoms with Crippen LogP contribution in [0.15, 0.2) is 0 Å². The SMILES string of the molecule is CCCCCCCCCCCCC(=O)CC(=O)C(=O)OCC.[Na].